The lowest BCUT2D eigenvalue weighted by atomic mass is 10.0. The third kappa shape index (κ3) is 6.28. The lowest BCUT2D eigenvalue weighted by molar-refractivity contribution is -0.123. The normalized spacial score (nSPS) is 9.90. The molecule has 0 bridgehead atoms. The fourth-order valence-corrected chi connectivity index (χ4v) is 3.28. The van der Waals surface area contributed by atoms with Gasteiger partial charge in [-0.05, 0) is 19.4 Å². The molecule has 9 heteroatoms. The smallest absolute Gasteiger partial charge is 0.342 e. The number of hydrogen-bond acceptors (Lipinski definition) is 6. The van der Waals surface area contributed by atoms with Crippen LogP contribution in [0.1, 0.15) is 24.2 Å². The van der Waals surface area contributed by atoms with E-state index < -0.39 is 24.5 Å². The van der Waals surface area contributed by atoms with Crippen molar-refractivity contribution >= 4 is 40.2 Å². The van der Waals surface area contributed by atoms with Crippen LogP contribution in [0, 0.1) is 0 Å². The van der Waals surface area contributed by atoms with Crippen LogP contribution in [0.5, 0.6) is 0 Å². The highest BCUT2D eigenvalue weighted by molar-refractivity contribution is 7.15. The number of carbonyl (C=O) groups is 4. The van der Waals surface area contributed by atoms with Gasteiger partial charge >= 0.3 is 12.0 Å². The predicted molar refractivity (Wildman–Crippen MR) is 111 cm³/mol. The van der Waals surface area contributed by atoms with Crippen molar-refractivity contribution in [3.63, 3.8) is 0 Å². The average molecular weight is 415 g/mol. The Morgan fingerprint density at radius 3 is 2.41 bits per heavy atom. The number of esters is 1. The summed E-state index contributed by atoms with van der Waals surface area (Å²) in [5, 5.41) is 8.95. The van der Waals surface area contributed by atoms with E-state index in [1.165, 1.54) is 24.5 Å². The number of carbonyl (C=O) groups excluding carboxylic acids is 4. The van der Waals surface area contributed by atoms with Gasteiger partial charge in [0.05, 0.1) is 0 Å². The Balaban J connectivity index is 2.28. The molecule has 2 rings (SSSR count). The van der Waals surface area contributed by atoms with Crippen molar-refractivity contribution in [3.05, 3.63) is 52.9 Å². The maximum Gasteiger partial charge on any atom is 0.342 e. The number of nitrogens with one attached hydrogen (secondary N) is 3. The van der Waals surface area contributed by atoms with Gasteiger partial charge in [0.2, 0.25) is 5.91 Å². The van der Waals surface area contributed by atoms with E-state index in [1.807, 2.05) is 35.6 Å². The number of hydrogen-bond donors (Lipinski definition) is 3. The van der Waals surface area contributed by atoms with Gasteiger partial charge in [-0.15, -0.1) is 11.3 Å². The van der Waals surface area contributed by atoms with E-state index in [0.717, 1.165) is 11.1 Å². The quantitative estimate of drug-likeness (QED) is 0.496. The van der Waals surface area contributed by atoms with Gasteiger partial charge in [-0.3, -0.25) is 14.9 Å². The molecule has 3 N–H and O–H groups in total. The fourth-order valence-electron chi connectivity index (χ4n) is 2.32. The average Bonchev–Trinajstić information content (AvgIpc) is 3.09. The molecule has 4 amide bonds. The maximum atomic E-state index is 12.7. The minimum atomic E-state index is -0.787. The Labute approximate surface area is 171 Å². The van der Waals surface area contributed by atoms with E-state index in [9.17, 15) is 19.2 Å². The number of urea groups is 1. The first-order valence-corrected chi connectivity index (χ1v) is 9.51. The number of amides is 4. The van der Waals surface area contributed by atoms with Crippen molar-refractivity contribution in [1.82, 2.24) is 10.6 Å². The maximum absolute atomic E-state index is 12.7. The Kier molecular flexibility index (Phi) is 7.67. The van der Waals surface area contributed by atoms with Crippen LogP contribution in [0.15, 0.2) is 47.4 Å². The molecule has 152 valence electrons. The molecule has 0 atom stereocenters. The summed E-state index contributed by atoms with van der Waals surface area (Å²) >= 11 is 1.18. The van der Waals surface area contributed by atoms with Gasteiger partial charge in [-0.2, -0.15) is 0 Å². The molecule has 1 heterocycles. The topological polar surface area (TPSA) is 114 Å². The second kappa shape index (κ2) is 10.2. The van der Waals surface area contributed by atoms with Crippen LogP contribution in [0.4, 0.5) is 9.80 Å². The molecular weight excluding hydrogens is 394 g/mol. The molecule has 0 unspecified atom stereocenters. The van der Waals surface area contributed by atoms with Crippen molar-refractivity contribution in [2.24, 2.45) is 0 Å². The summed E-state index contributed by atoms with van der Waals surface area (Å²) in [6.07, 6.45) is 1.41. The predicted octanol–water partition coefficient (Wildman–Crippen LogP) is 2.93. The largest absolute Gasteiger partial charge is 0.452 e. The van der Waals surface area contributed by atoms with Crippen molar-refractivity contribution in [2.45, 2.75) is 13.8 Å². The third-order valence-corrected chi connectivity index (χ3v) is 4.45. The van der Waals surface area contributed by atoms with Crippen LogP contribution in [0.2, 0.25) is 0 Å². The second-order valence-electron chi connectivity index (χ2n) is 6.13. The van der Waals surface area contributed by atoms with Crippen LogP contribution in [-0.2, 0) is 14.3 Å². The second-order valence-corrected chi connectivity index (χ2v) is 7.01. The molecule has 0 spiro atoms. The molecule has 0 aliphatic rings. The van der Waals surface area contributed by atoms with Gasteiger partial charge in [0.25, 0.3) is 5.91 Å². The van der Waals surface area contributed by atoms with Crippen LogP contribution < -0.4 is 16.0 Å². The number of imide groups is 1. The van der Waals surface area contributed by atoms with Gasteiger partial charge in [0.1, 0.15) is 10.6 Å². The number of thiophene rings is 1. The summed E-state index contributed by atoms with van der Waals surface area (Å²) in [5.74, 6) is -1.94. The summed E-state index contributed by atoms with van der Waals surface area (Å²) in [7, 11) is 1.35. The van der Waals surface area contributed by atoms with E-state index in [-0.39, 0.29) is 11.5 Å². The van der Waals surface area contributed by atoms with E-state index in [1.54, 1.807) is 19.2 Å². The van der Waals surface area contributed by atoms with Gasteiger partial charge in [-0.25, -0.2) is 9.59 Å². The highest BCUT2D eigenvalue weighted by Gasteiger charge is 2.23. The highest BCUT2D eigenvalue weighted by Crippen LogP contribution is 2.36. The molecule has 0 aliphatic heterocycles. The first-order chi connectivity index (χ1) is 13.8. The minimum Gasteiger partial charge on any atom is -0.452 e. The molecule has 0 fully saturated rings. The molecule has 29 heavy (non-hydrogen) atoms. The number of ether oxygens (including phenoxy) is 1. The standard InChI is InChI=1S/C20H21N3O5S/c1-12(2)9-15(24)22-18-17(14(11-29-18)13-7-5-4-6-8-13)19(26)28-10-16(25)23-20(27)21-3/h4-9,11H,10H2,1-3H3,(H,22,24)(H2,21,23,25,27). The Morgan fingerprint density at radius 2 is 1.79 bits per heavy atom. The summed E-state index contributed by atoms with van der Waals surface area (Å²) in [5.41, 5.74) is 2.27. The number of benzene rings is 1. The Hall–Kier alpha value is -3.46. The fraction of sp³-hybridized carbons (Fsp3) is 0.200. The SMILES string of the molecule is CNC(=O)NC(=O)COC(=O)c1c(-c2ccccc2)csc1NC(=O)C=C(C)C. The van der Waals surface area contributed by atoms with Crippen LogP contribution >= 0.6 is 11.3 Å². The molecule has 1 aromatic carbocycles. The molecule has 1 aromatic heterocycles. The lowest BCUT2D eigenvalue weighted by Gasteiger charge is -2.09. The van der Waals surface area contributed by atoms with Gasteiger partial charge < -0.3 is 15.4 Å². The van der Waals surface area contributed by atoms with Gasteiger partial charge in [0, 0.05) is 24.1 Å². The van der Waals surface area contributed by atoms with E-state index in [4.69, 9.17) is 4.74 Å². The van der Waals surface area contributed by atoms with Crippen molar-refractivity contribution in [2.75, 3.05) is 19.0 Å². The van der Waals surface area contributed by atoms with Crippen LogP contribution in [0.3, 0.4) is 0 Å². The highest BCUT2D eigenvalue weighted by atomic mass is 32.1. The monoisotopic (exact) mass is 415 g/mol. The van der Waals surface area contributed by atoms with E-state index in [2.05, 4.69) is 10.6 Å². The number of rotatable bonds is 6. The zero-order valence-corrected chi connectivity index (χ0v) is 17.0. The first kappa shape index (κ1) is 21.8. The molecule has 8 nitrogen and oxygen atoms in total. The Morgan fingerprint density at radius 1 is 1.10 bits per heavy atom. The number of allylic oxidation sites excluding steroid dienone is 1. The summed E-state index contributed by atoms with van der Waals surface area (Å²) in [6.45, 7) is 2.92. The molecule has 0 saturated carbocycles. The summed E-state index contributed by atoms with van der Waals surface area (Å²) in [4.78, 5) is 47.7. The summed E-state index contributed by atoms with van der Waals surface area (Å²) < 4.78 is 5.07. The number of anilines is 1. The van der Waals surface area contributed by atoms with E-state index in [0.29, 0.717) is 10.6 Å². The molecule has 0 aliphatic carbocycles. The molecule has 0 saturated heterocycles. The van der Waals surface area contributed by atoms with Crippen molar-refractivity contribution in [3.8, 4) is 11.1 Å². The molecule has 2 aromatic rings. The lowest BCUT2D eigenvalue weighted by Crippen LogP contribution is -2.39. The van der Waals surface area contributed by atoms with Crippen molar-refractivity contribution in [1.29, 1.82) is 0 Å². The van der Waals surface area contributed by atoms with Crippen LogP contribution in [0.25, 0.3) is 11.1 Å². The zero-order chi connectivity index (χ0) is 21.4. The molecule has 0 radical (unpaired) electrons. The summed E-state index contributed by atoms with van der Waals surface area (Å²) in [6, 6.07) is 8.41. The van der Waals surface area contributed by atoms with E-state index >= 15 is 0 Å². The van der Waals surface area contributed by atoms with Gasteiger partial charge in [0.15, 0.2) is 6.61 Å². The zero-order valence-electron chi connectivity index (χ0n) is 16.2. The third-order valence-electron chi connectivity index (χ3n) is 3.55. The Bertz CT molecular complexity index is 946. The van der Waals surface area contributed by atoms with Gasteiger partial charge in [-0.1, -0.05) is 35.9 Å². The van der Waals surface area contributed by atoms with Crippen LogP contribution in [-0.4, -0.2) is 37.5 Å². The molecular formula is C20H21N3O5S. The first-order valence-electron chi connectivity index (χ1n) is 8.63. The minimum absolute atomic E-state index is 0.143. The van der Waals surface area contributed by atoms with Crippen molar-refractivity contribution < 1.29 is 23.9 Å².